The maximum absolute atomic E-state index is 6.07. The standard InChI is InChI=1S/C21H17ClS/c22-17-12-10-15(11-13-17)19-14-21(16-6-2-1-3-7-16)23-20-9-5-4-8-18(19)20/h1-13,19,21H,14H2/t19-,21+/m1/s1. The van der Waals surface area contributed by atoms with Gasteiger partial charge in [0.2, 0.25) is 0 Å². The summed E-state index contributed by atoms with van der Waals surface area (Å²) < 4.78 is 0. The topological polar surface area (TPSA) is 0 Å². The Balaban J connectivity index is 1.76. The summed E-state index contributed by atoms with van der Waals surface area (Å²) in [5.74, 6) is 0.426. The molecule has 0 spiro atoms. The van der Waals surface area contributed by atoms with Crippen LogP contribution in [0.2, 0.25) is 5.02 Å². The smallest absolute Gasteiger partial charge is 0.0406 e. The molecule has 1 heterocycles. The second kappa shape index (κ2) is 6.43. The Morgan fingerprint density at radius 3 is 2.22 bits per heavy atom. The van der Waals surface area contributed by atoms with E-state index in [0.717, 1.165) is 11.4 Å². The molecule has 0 fully saturated rings. The van der Waals surface area contributed by atoms with E-state index in [4.69, 9.17) is 11.6 Å². The van der Waals surface area contributed by atoms with Crippen LogP contribution in [0, 0.1) is 0 Å². The molecule has 4 rings (SSSR count). The molecule has 0 saturated carbocycles. The number of rotatable bonds is 2. The van der Waals surface area contributed by atoms with E-state index >= 15 is 0 Å². The summed E-state index contributed by atoms with van der Waals surface area (Å²) in [6.45, 7) is 0. The van der Waals surface area contributed by atoms with Crippen molar-refractivity contribution in [3.05, 3.63) is 101 Å². The van der Waals surface area contributed by atoms with Gasteiger partial charge in [-0.1, -0.05) is 72.3 Å². The van der Waals surface area contributed by atoms with Gasteiger partial charge in [-0.15, -0.1) is 11.8 Å². The van der Waals surface area contributed by atoms with Gasteiger partial charge in [0.25, 0.3) is 0 Å². The predicted octanol–water partition coefficient (Wildman–Crippen LogP) is 6.71. The quantitative estimate of drug-likeness (QED) is 0.501. The van der Waals surface area contributed by atoms with E-state index < -0.39 is 0 Å². The van der Waals surface area contributed by atoms with Gasteiger partial charge >= 0.3 is 0 Å². The van der Waals surface area contributed by atoms with Crippen molar-refractivity contribution in [2.75, 3.05) is 0 Å². The van der Waals surface area contributed by atoms with Gasteiger partial charge in [-0.05, 0) is 41.3 Å². The molecule has 0 N–H and O–H groups in total. The fourth-order valence-corrected chi connectivity index (χ4v) is 4.82. The molecule has 2 heteroatoms. The molecular formula is C21H17ClS. The Morgan fingerprint density at radius 1 is 0.739 bits per heavy atom. The van der Waals surface area contributed by atoms with E-state index in [1.165, 1.54) is 21.6 Å². The van der Waals surface area contributed by atoms with E-state index in [2.05, 4.69) is 66.7 Å². The van der Waals surface area contributed by atoms with Gasteiger partial charge in [0.1, 0.15) is 0 Å². The minimum Gasteiger partial charge on any atom is -0.118 e. The fraction of sp³-hybridized carbons (Fsp3) is 0.143. The number of hydrogen-bond acceptors (Lipinski definition) is 1. The van der Waals surface area contributed by atoms with Crippen LogP contribution in [0.5, 0.6) is 0 Å². The Morgan fingerprint density at radius 2 is 1.43 bits per heavy atom. The number of thioether (sulfide) groups is 1. The normalized spacial score (nSPS) is 20.0. The second-order valence-corrected chi connectivity index (χ2v) is 7.58. The van der Waals surface area contributed by atoms with Gasteiger partial charge in [-0.25, -0.2) is 0 Å². The summed E-state index contributed by atoms with van der Waals surface area (Å²) in [7, 11) is 0. The van der Waals surface area contributed by atoms with Crippen LogP contribution in [0.3, 0.4) is 0 Å². The molecule has 1 aliphatic heterocycles. The molecule has 114 valence electrons. The van der Waals surface area contributed by atoms with Crippen molar-refractivity contribution < 1.29 is 0 Å². The average molecular weight is 337 g/mol. The molecule has 0 bridgehead atoms. The highest BCUT2D eigenvalue weighted by molar-refractivity contribution is 7.99. The lowest BCUT2D eigenvalue weighted by atomic mass is 9.85. The highest BCUT2D eigenvalue weighted by Crippen LogP contribution is 2.51. The van der Waals surface area contributed by atoms with Gasteiger partial charge in [-0.2, -0.15) is 0 Å². The van der Waals surface area contributed by atoms with Crippen molar-refractivity contribution in [1.82, 2.24) is 0 Å². The summed E-state index contributed by atoms with van der Waals surface area (Å²) in [4.78, 5) is 1.40. The van der Waals surface area contributed by atoms with Crippen molar-refractivity contribution >= 4 is 23.4 Å². The van der Waals surface area contributed by atoms with Crippen LogP contribution in [0.25, 0.3) is 0 Å². The molecule has 0 amide bonds. The first-order chi connectivity index (χ1) is 11.3. The number of fused-ring (bicyclic) bond motifs is 1. The molecule has 0 unspecified atom stereocenters. The SMILES string of the molecule is Clc1ccc([C@H]2C[C@@H](c3ccccc3)Sc3ccccc32)cc1. The van der Waals surface area contributed by atoms with Crippen LogP contribution in [0.4, 0.5) is 0 Å². The van der Waals surface area contributed by atoms with Crippen LogP contribution in [-0.2, 0) is 0 Å². The van der Waals surface area contributed by atoms with Gasteiger partial charge in [0.05, 0.1) is 0 Å². The third kappa shape index (κ3) is 3.04. The fourth-order valence-electron chi connectivity index (χ4n) is 3.30. The second-order valence-electron chi connectivity index (χ2n) is 5.89. The lowest BCUT2D eigenvalue weighted by Gasteiger charge is -2.31. The summed E-state index contributed by atoms with van der Waals surface area (Å²) in [6.07, 6.45) is 1.12. The summed E-state index contributed by atoms with van der Waals surface area (Å²) in [5.41, 5.74) is 4.20. The summed E-state index contributed by atoms with van der Waals surface area (Å²) >= 11 is 8.06. The molecule has 0 saturated heterocycles. The van der Waals surface area contributed by atoms with Crippen LogP contribution in [-0.4, -0.2) is 0 Å². The monoisotopic (exact) mass is 336 g/mol. The van der Waals surface area contributed by atoms with Crippen molar-refractivity contribution in [3.8, 4) is 0 Å². The molecule has 3 aromatic carbocycles. The molecule has 0 radical (unpaired) electrons. The Kier molecular flexibility index (Phi) is 4.15. The first-order valence-electron chi connectivity index (χ1n) is 7.87. The van der Waals surface area contributed by atoms with E-state index in [-0.39, 0.29) is 0 Å². The van der Waals surface area contributed by atoms with E-state index in [1.54, 1.807) is 0 Å². The van der Waals surface area contributed by atoms with E-state index in [0.29, 0.717) is 11.2 Å². The number of hydrogen-bond donors (Lipinski definition) is 0. The third-order valence-corrected chi connectivity index (χ3v) is 6.08. The van der Waals surface area contributed by atoms with E-state index in [1.807, 2.05) is 23.9 Å². The van der Waals surface area contributed by atoms with Crippen LogP contribution >= 0.6 is 23.4 Å². The highest BCUT2D eigenvalue weighted by atomic mass is 35.5. The minimum atomic E-state index is 0.426. The van der Waals surface area contributed by atoms with Crippen LogP contribution < -0.4 is 0 Å². The molecule has 23 heavy (non-hydrogen) atoms. The molecule has 1 aliphatic rings. The highest BCUT2D eigenvalue weighted by Gasteiger charge is 2.29. The summed E-state index contributed by atoms with van der Waals surface area (Å²) in [5, 5.41) is 1.29. The first-order valence-corrected chi connectivity index (χ1v) is 9.13. The zero-order chi connectivity index (χ0) is 15.6. The predicted molar refractivity (Wildman–Crippen MR) is 99.4 cm³/mol. The number of benzene rings is 3. The lowest BCUT2D eigenvalue weighted by molar-refractivity contribution is 0.677. The minimum absolute atomic E-state index is 0.426. The van der Waals surface area contributed by atoms with Crippen molar-refractivity contribution in [3.63, 3.8) is 0 Å². The Labute approximate surface area is 146 Å². The largest absolute Gasteiger partial charge is 0.118 e. The van der Waals surface area contributed by atoms with Crippen LogP contribution in [0.1, 0.15) is 34.3 Å². The molecular weight excluding hydrogens is 320 g/mol. The zero-order valence-electron chi connectivity index (χ0n) is 12.7. The third-order valence-electron chi connectivity index (χ3n) is 4.46. The van der Waals surface area contributed by atoms with Gasteiger partial charge in [-0.3, -0.25) is 0 Å². The molecule has 3 aromatic rings. The first kappa shape index (κ1) is 14.9. The molecule has 2 atom stereocenters. The maximum atomic E-state index is 6.07. The molecule has 0 aliphatic carbocycles. The van der Waals surface area contributed by atoms with Gasteiger partial charge < -0.3 is 0 Å². The molecule has 0 nitrogen and oxygen atoms in total. The van der Waals surface area contributed by atoms with Crippen molar-refractivity contribution in [2.45, 2.75) is 22.5 Å². The lowest BCUT2D eigenvalue weighted by Crippen LogP contribution is -2.12. The Bertz CT molecular complexity index is 796. The van der Waals surface area contributed by atoms with Gasteiger partial charge in [0, 0.05) is 21.1 Å². The average Bonchev–Trinajstić information content (AvgIpc) is 2.62. The Hall–Kier alpha value is -1.70. The van der Waals surface area contributed by atoms with Gasteiger partial charge in [0.15, 0.2) is 0 Å². The number of halogens is 1. The summed E-state index contributed by atoms with van der Waals surface area (Å²) in [6, 6.07) is 28.0. The van der Waals surface area contributed by atoms with Crippen molar-refractivity contribution in [1.29, 1.82) is 0 Å². The van der Waals surface area contributed by atoms with E-state index in [9.17, 15) is 0 Å². The zero-order valence-corrected chi connectivity index (χ0v) is 14.2. The maximum Gasteiger partial charge on any atom is 0.0406 e. The van der Waals surface area contributed by atoms with Crippen molar-refractivity contribution in [2.24, 2.45) is 0 Å². The molecule has 0 aromatic heterocycles. The van der Waals surface area contributed by atoms with Crippen LogP contribution in [0.15, 0.2) is 83.8 Å².